The molecule has 2 amide bonds. The zero-order chi connectivity index (χ0) is 16.7. The lowest BCUT2D eigenvalue weighted by Crippen LogP contribution is -2.49. The molecule has 2 saturated heterocycles. The summed E-state index contributed by atoms with van der Waals surface area (Å²) in [6, 6.07) is 0.963. The van der Waals surface area contributed by atoms with Crippen LogP contribution in [0.25, 0.3) is 0 Å². The second kappa shape index (κ2) is 9.28. The topological polar surface area (TPSA) is 47.6 Å². The Balaban J connectivity index is 1.57. The number of nitrogens with one attached hydrogen (secondary N) is 2. The number of amides is 2. The first-order chi connectivity index (χ1) is 11.0. The summed E-state index contributed by atoms with van der Waals surface area (Å²) in [7, 11) is 0. The van der Waals surface area contributed by atoms with Crippen molar-refractivity contribution in [3.63, 3.8) is 0 Å². The van der Waals surface area contributed by atoms with Crippen LogP contribution >= 0.6 is 0 Å². The molecule has 0 aliphatic carbocycles. The average molecular weight is 322 g/mol. The molecule has 2 heterocycles. The van der Waals surface area contributed by atoms with Crippen molar-refractivity contribution in [3.8, 4) is 0 Å². The van der Waals surface area contributed by atoms with Gasteiger partial charge in [-0.05, 0) is 46.1 Å². The van der Waals surface area contributed by atoms with Crippen LogP contribution in [0.2, 0.25) is 0 Å². The predicted octanol–water partition coefficient (Wildman–Crippen LogP) is 2.20. The van der Waals surface area contributed by atoms with E-state index in [9.17, 15) is 4.79 Å². The molecule has 5 heteroatoms. The van der Waals surface area contributed by atoms with Crippen molar-refractivity contribution in [3.05, 3.63) is 12.2 Å². The van der Waals surface area contributed by atoms with Crippen molar-refractivity contribution in [1.29, 1.82) is 0 Å². The summed E-state index contributed by atoms with van der Waals surface area (Å²) >= 11 is 0. The van der Waals surface area contributed by atoms with E-state index in [-0.39, 0.29) is 6.03 Å². The van der Waals surface area contributed by atoms with Crippen molar-refractivity contribution >= 4 is 6.03 Å². The van der Waals surface area contributed by atoms with Gasteiger partial charge in [-0.15, -0.1) is 0 Å². The van der Waals surface area contributed by atoms with E-state index in [4.69, 9.17) is 0 Å². The molecule has 1 atom stereocenters. The quantitative estimate of drug-likeness (QED) is 0.737. The van der Waals surface area contributed by atoms with E-state index < -0.39 is 0 Å². The summed E-state index contributed by atoms with van der Waals surface area (Å²) in [6.07, 6.45) is 5.98. The van der Waals surface area contributed by atoms with Gasteiger partial charge in [-0.2, -0.15) is 0 Å². The molecular formula is C18H34N4O. The van der Waals surface area contributed by atoms with Crippen LogP contribution in [0.15, 0.2) is 12.2 Å². The van der Waals surface area contributed by atoms with E-state index in [1.165, 1.54) is 31.4 Å². The number of carbonyl (C=O) groups excluding carboxylic acids is 1. The summed E-state index contributed by atoms with van der Waals surface area (Å²) in [5, 5.41) is 6.15. The van der Waals surface area contributed by atoms with Gasteiger partial charge in [0.25, 0.3) is 0 Å². The zero-order valence-corrected chi connectivity index (χ0v) is 14.9. The molecule has 2 N–H and O–H groups in total. The highest BCUT2D eigenvalue weighted by Crippen LogP contribution is 2.15. The van der Waals surface area contributed by atoms with Gasteiger partial charge >= 0.3 is 6.03 Å². The van der Waals surface area contributed by atoms with Crippen LogP contribution in [0.3, 0.4) is 0 Å². The second-order valence-electron chi connectivity index (χ2n) is 7.29. The number of hydrogen-bond donors (Lipinski definition) is 2. The zero-order valence-electron chi connectivity index (χ0n) is 14.9. The van der Waals surface area contributed by atoms with Crippen molar-refractivity contribution in [2.24, 2.45) is 0 Å². The minimum Gasteiger partial charge on any atom is -0.337 e. The normalized spacial score (nSPS) is 24.3. The average Bonchev–Trinajstić information content (AvgIpc) is 2.51. The van der Waals surface area contributed by atoms with Gasteiger partial charge in [0.15, 0.2) is 0 Å². The Kier molecular flexibility index (Phi) is 7.37. The highest BCUT2D eigenvalue weighted by molar-refractivity contribution is 5.74. The summed E-state index contributed by atoms with van der Waals surface area (Å²) < 4.78 is 0. The SMILES string of the molecule is C=C(C)CN1CCC(NC(=O)NCCN2CCCC[C@@H]2C)CC1. The third kappa shape index (κ3) is 6.51. The summed E-state index contributed by atoms with van der Waals surface area (Å²) in [6.45, 7) is 14.3. The largest absolute Gasteiger partial charge is 0.337 e. The fourth-order valence-corrected chi connectivity index (χ4v) is 3.66. The smallest absolute Gasteiger partial charge is 0.315 e. The molecular weight excluding hydrogens is 288 g/mol. The van der Waals surface area contributed by atoms with E-state index >= 15 is 0 Å². The van der Waals surface area contributed by atoms with Gasteiger partial charge in [0.2, 0.25) is 0 Å². The summed E-state index contributed by atoms with van der Waals surface area (Å²) in [4.78, 5) is 16.9. The van der Waals surface area contributed by atoms with Gasteiger partial charge < -0.3 is 10.6 Å². The van der Waals surface area contributed by atoms with Gasteiger partial charge in [-0.25, -0.2) is 4.79 Å². The van der Waals surface area contributed by atoms with Crippen molar-refractivity contribution in [1.82, 2.24) is 20.4 Å². The number of rotatable bonds is 6. The summed E-state index contributed by atoms with van der Waals surface area (Å²) in [5.41, 5.74) is 1.21. The maximum atomic E-state index is 12.0. The molecule has 23 heavy (non-hydrogen) atoms. The van der Waals surface area contributed by atoms with Crippen LogP contribution in [0.4, 0.5) is 4.79 Å². The Hall–Kier alpha value is -1.07. The Morgan fingerprint density at radius 2 is 1.91 bits per heavy atom. The monoisotopic (exact) mass is 322 g/mol. The molecule has 0 aromatic heterocycles. The van der Waals surface area contributed by atoms with E-state index in [1.807, 2.05) is 0 Å². The van der Waals surface area contributed by atoms with E-state index in [0.717, 1.165) is 45.6 Å². The Morgan fingerprint density at radius 1 is 1.17 bits per heavy atom. The van der Waals surface area contributed by atoms with Gasteiger partial charge in [0.1, 0.15) is 0 Å². The predicted molar refractivity (Wildman–Crippen MR) is 95.7 cm³/mol. The lowest BCUT2D eigenvalue weighted by atomic mass is 10.0. The molecule has 2 aliphatic rings. The van der Waals surface area contributed by atoms with Crippen molar-refractivity contribution < 1.29 is 4.79 Å². The fraction of sp³-hybridized carbons (Fsp3) is 0.833. The highest BCUT2D eigenvalue weighted by Gasteiger charge is 2.21. The molecule has 0 bridgehead atoms. The molecule has 0 aromatic carbocycles. The molecule has 0 saturated carbocycles. The van der Waals surface area contributed by atoms with Crippen LogP contribution in [-0.2, 0) is 0 Å². The molecule has 132 valence electrons. The second-order valence-corrected chi connectivity index (χ2v) is 7.29. The first-order valence-corrected chi connectivity index (χ1v) is 9.19. The molecule has 2 aliphatic heterocycles. The minimum absolute atomic E-state index is 0.00647. The number of likely N-dealkylation sites (tertiary alicyclic amines) is 2. The summed E-state index contributed by atoms with van der Waals surface area (Å²) in [5.74, 6) is 0. The van der Waals surface area contributed by atoms with Gasteiger partial charge in [0, 0.05) is 44.8 Å². The third-order valence-electron chi connectivity index (χ3n) is 5.04. The fourth-order valence-electron chi connectivity index (χ4n) is 3.66. The Bertz CT molecular complexity index is 390. The van der Waals surface area contributed by atoms with Crippen LogP contribution in [0.1, 0.15) is 46.0 Å². The van der Waals surface area contributed by atoms with Crippen LogP contribution in [0, 0.1) is 0 Å². The number of urea groups is 1. The van der Waals surface area contributed by atoms with Crippen LogP contribution in [0.5, 0.6) is 0 Å². The Morgan fingerprint density at radius 3 is 2.57 bits per heavy atom. The molecule has 5 nitrogen and oxygen atoms in total. The van der Waals surface area contributed by atoms with Gasteiger partial charge in [-0.1, -0.05) is 18.6 Å². The number of carbonyl (C=O) groups is 1. The van der Waals surface area contributed by atoms with Crippen molar-refractivity contribution in [2.45, 2.75) is 58.0 Å². The number of piperidine rings is 2. The van der Waals surface area contributed by atoms with Gasteiger partial charge in [0.05, 0.1) is 0 Å². The van der Waals surface area contributed by atoms with E-state index in [0.29, 0.717) is 12.1 Å². The lowest BCUT2D eigenvalue weighted by Gasteiger charge is -2.34. The maximum absolute atomic E-state index is 12.0. The highest BCUT2D eigenvalue weighted by atomic mass is 16.2. The molecule has 0 aromatic rings. The number of hydrogen-bond acceptors (Lipinski definition) is 3. The minimum atomic E-state index is -0.00647. The standard InChI is InChI=1S/C18H34N4O/c1-15(2)14-21-11-7-17(8-12-21)20-18(23)19-9-13-22-10-5-4-6-16(22)3/h16-17H,1,4-14H2,2-3H3,(H2,19,20,23)/t16-/m0/s1. The van der Waals surface area contributed by atoms with Crippen LogP contribution in [-0.4, -0.2) is 67.2 Å². The molecule has 2 rings (SSSR count). The molecule has 0 unspecified atom stereocenters. The maximum Gasteiger partial charge on any atom is 0.315 e. The molecule has 0 spiro atoms. The lowest BCUT2D eigenvalue weighted by molar-refractivity contribution is 0.160. The van der Waals surface area contributed by atoms with E-state index in [2.05, 4.69) is 40.9 Å². The first kappa shape index (κ1) is 18.3. The molecule has 0 radical (unpaired) electrons. The van der Waals surface area contributed by atoms with Gasteiger partial charge in [-0.3, -0.25) is 9.80 Å². The third-order valence-corrected chi connectivity index (χ3v) is 5.04. The number of nitrogens with zero attached hydrogens (tertiary/aromatic N) is 2. The van der Waals surface area contributed by atoms with E-state index in [1.54, 1.807) is 0 Å². The van der Waals surface area contributed by atoms with Crippen molar-refractivity contribution in [2.75, 3.05) is 39.3 Å². The first-order valence-electron chi connectivity index (χ1n) is 9.19. The Labute approximate surface area is 141 Å². The molecule has 2 fully saturated rings. The van der Waals surface area contributed by atoms with Crippen LogP contribution < -0.4 is 10.6 Å².